The minimum Gasteiger partial charge on any atom is -0.308 e. The number of nitrogens with one attached hydrogen (secondary N) is 1. The van der Waals surface area contributed by atoms with Gasteiger partial charge in [-0.15, -0.1) is 11.8 Å². The molecule has 1 aromatic carbocycles. The molecule has 2 heteroatoms. The summed E-state index contributed by atoms with van der Waals surface area (Å²) < 4.78 is 0. The Balaban J connectivity index is 2.33. The molecular weight excluding hydrogens is 226 g/mol. The summed E-state index contributed by atoms with van der Waals surface area (Å²) in [7, 11) is 0. The Morgan fingerprint density at radius 1 is 1.35 bits per heavy atom. The highest BCUT2D eigenvalue weighted by Gasteiger charge is 2.08. The maximum atomic E-state index is 4.11. The average molecular weight is 249 g/mol. The zero-order valence-electron chi connectivity index (χ0n) is 11.3. The van der Waals surface area contributed by atoms with Gasteiger partial charge in [0, 0.05) is 22.7 Å². The quantitative estimate of drug-likeness (QED) is 0.624. The normalized spacial score (nSPS) is 11.5. The van der Waals surface area contributed by atoms with Gasteiger partial charge in [0.05, 0.1) is 0 Å². The van der Waals surface area contributed by atoms with Gasteiger partial charge in [0.15, 0.2) is 0 Å². The summed E-state index contributed by atoms with van der Waals surface area (Å²) >= 11 is 1.85. The van der Waals surface area contributed by atoms with E-state index in [9.17, 15) is 0 Å². The smallest absolute Gasteiger partial charge is 0.0200 e. The minimum absolute atomic E-state index is 0.164. The molecule has 0 saturated carbocycles. The van der Waals surface area contributed by atoms with E-state index in [1.807, 2.05) is 11.8 Å². The molecule has 0 aliphatic carbocycles. The van der Waals surface area contributed by atoms with Crippen molar-refractivity contribution in [3.8, 4) is 0 Å². The lowest BCUT2D eigenvalue weighted by Gasteiger charge is -2.21. The maximum absolute atomic E-state index is 4.11. The van der Waals surface area contributed by atoms with Crippen molar-refractivity contribution in [1.82, 2.24) is 5.32 Å². The van der Waals surface area contributed by atoms with E-state index in [1.54, 1.807) is 0 Å². The number of aryl methyl sites for hydroxylation is 1. The van der Waals surface area contributed by atoms with Crippen LogP contribution in [0.4, 0.5) is 0 Å². The standard InChI is InChI=1S/C15H23NS/c1-12-7-6-8-14(9-12)17-11-13(2)10-16-15(3,4)5/h6-9,16H,2,10-11H2,1,3-5H3. The molecule has 17 heavy (non-hydrogen) atoms. The molecule has 0 amide bonds. The number of benzene rings is 1. The van der Waals surface area contributed by atoms with Crippen LogP contribution < -0.4 is 5.32 Å². The second-order valence-electron chi connectivity index (χ2n) is 5.46. The van der Waals surface area contributed by atoms with Crippen molar-refractivity contribution < 1.29 is 0 Å². The summed E-state index contributed by atoms with van der Waals surface area (Å²) in [6.07, 6.45) is 0. The van der Waals surface area contributed by atoms with Gasteiger partial charge in [0.1, 0.15) is 0 Å². The summed E-state index contributed by atoms with van der Waals surface area (Å²) in [5, 5.41) is 3.46. The van der Waals surface area contributed by atoms with E-state index in [-0.39, 0.29) is 5.54 Å². The molecular formula is C15H23NS. The molecule has 0 spiro atoms. The Labute approximate surface area is 110 Å². The third-order valence-corrected chi connectivity index (χ3v) is 3.44. The molecule has 0 unspecified atom stereocenters. The fourth-order valence-corrected chi connectivity index (χ4v) is 2.25. The maximum Gasteiger partial charge on any atom is 0.0200 e. The number of thioether (sulfide) groups is 1. The molecule has 0 aliphatic heterocycles. The average Bonchev–Trinajstić information content (AvgIpc) is 2.23. The predicted octanol–water partition coefficient (Wildman–Crippen LogP) is 4.03. The molecule has 0 radical (unpaired) electrons. The van der Waals surface area contributed by atoms with Crippen LogP contribution in [0.5, 0.6) is 0 Å². The second kappa shape index (κ2) is 6.27. The summed E-state index contributed by atoms with van der Waals surface area (Å²) in [5.41, 5.74) is 2.72. The van der Waals surface area contributed by atoms with Crippen LogP contribution in [-0.2, 0) is 0 Å². The Bertz CT molecular complexity index is 377. The van der Waals surface area contributed by atoms with Crippen LogP contribution in [0, 0.1) is 6.92 Å². The van der Waals surface area contributed by atoms with Crippen LogP contribution in [-0.4, -0.2) is 17.8 Å². The number of hydrogen-bond donors (Lipinski definition) is 1. The minimum atomic E-state index is 0.164. The number of rotatable bonds is 5. The van der Waals surface area contributed by atoms with Crippen molar-refractivity contribution in [3.05, 3.63) is 42.0 Å². The predicted molar refractivity (Wildman–Crippen MR) is 78.8 cm³/mol. The van der Waals surface area contributed by atoms with Gasteiger partial charge in [-0.25, -0.2) is 0 Å². The van der Waals surface area contributed by atoms with E-state index in [0.717, 1.165) is 12.3 Å². The molecule has 1 N–H and O–H groups in total. The third-order valence-electron chi connectivity index (χ3n) is 2.30. The van der Waals surface area contributed by atoms with Gasteiger partial charge in [-0.3, -0.25) is 0 Å². The van der Waals surface area contributed by atoms with Crippen LogP contribution in [0.25, 0.3) is 0 Å². The zero-order chi connectivity index (χ0) is 12.9. The second-order valence-corrected chi connectivity index (χ2v) is 6.51. The molecule has 94 valence electrons. The third kappa shape index (κ3) is 6.54. The van der Waals surface area contributed by atoms with Gasteiger partial charge < -0.3 is 5.32 Å². The van der Waals surface area contributed by atoms with Gasteiger partial charge in [-0.1, -0.05) is 29.8 Å². The van der Waals surface area contributed by atoms with E-state index in [2.05, 4.69) is 63.9 Å². The Kier molecular flexibility index (Phi) is 5.29. The van der Waals surface area contributed by atoms with Gasteiger partial charge in [0.2, 0.25) is 0 Å². The van der Waals surface area contributed by atoms with Crippen molar-refractivity contribution in [3.63, 3.8) is 0 Å². The first-order valence-electron chi connectivity index (χ1n) is 5.98. The Hall–Kier alpha value is -0.730. The SMILES string of the molecule is C=C(CNC(C)(C)C)CSc1cccc(C)c1. The largest absolute Gasteiger partial charge is 0.308 e. The monoisotopic (exact) mass is 249 g/mol. The highest BCUT2D eigenvalue weighted by molar-refractivity contribution is 7.99. The van der Waals surface area contributed by atoms with Crippen molar-refractivity contribution in [2.75, 3.05) is 12.3 Å². The van der Waals surface area contributed by atoms with E-state index < -0.39 is 0 Å². The summed E-state index contributed by atoms with van der Waals surface area (Å²) in [6, 6.07) is 8.60. The molecule has 0 aromatic heterocycles. The van der Waals surface area contributed by atoms with Crippen molar-refractivity contribution in [2.24, 2.45) is 0 Å². The Morgan fingerprint density at radius 3 is 2.65 bits per heavy atom. The van der Waals surface area contributed by atoms with E-state index >= 15 is 0 Å². The highest BCUT2D eigenvalue weighted by atomic mass is 32.2. The molecule has 0 atom stereocenters. The fourth-order valence-electron chi connectivity index (χ4n) is 1.33. The molecule has 0 heterocycles. The van der Waals surface area contributed by atoms with Crippen LogP contribution >= 0.6 is 11.8 Å². The lowest BCUT2D eigenvalue weighted by molar-refractivity contribution is 0.445. The topological polar surface area (TPSA) is 12.0 Å². The van der Waals surface area contributed by atoms with Crippen LogP contribution in [0.2, 0.25) is 0 Å². The molecule has 1 rings (SSSR count). The Morgan fingerprint density at radius 2 is 2.06 bits per heavy atom. The zero-order valence-corrected chi connectivity index (χ0v) is 12.2. The van der Waals surface area contributed by atoms with Gasteiger partial charge in [0.25, 0.3) is 0 Å². The highest BCUT2D eigenvalue weighted by Crippen LogP contribution is 2.20. The fraction of sp³-hybridized carbons (Fsp3) is 0.467. The first-order chi connectivity index (χ1) is 7.87. The molecule has 0 saturated heterocycles. The van der Waals surface area contributed by atoms with Crippen LogP contribution in [0.1, 0.15) is 26.3 Å². The van der Waals surface area contributed by atoms with Gasteiger partial charge >= 0.3 is 0 Å². The first kappa shape index (κ1) is 14.3. The summed E-state index contributed by atoms with van der Waals surface area (Å²) in [6.45, 7) is 13.7. The molecule has 1 aromatic rings. The molecule has 0 bridgehead atoms. The molecule has 1 nitrogen and oxygen atoms in total. The van der Waals surface area contributed by atoms with Gasteiger partial charge in [-0.05, 0) is 39.8 Å². The van der Waals surface area contributed by atoms with Crippen LogP contribution in [0.15, 0.2) is 41.3 Å². The van der Waals surface area contributed by atoms with Crippen LogP contribution in [0.3, 0.4) is 0 Å². The summed E-state index contributed by atoms with van der Waals surface area (Å²) in [4.78, 5) is 1.32. The van der Waals surface area contributed by atoms with E-state index in [4.69, 9.17) is 0 Å². The van der Waals surface area contributed by atoms with Crippen molar-refractivity contribution in [1.29, 1.82) is 0 Å². The number of hydrogen-bond acceptors (Lipinski definition) is 2. The first-order valence-corrected chi connectivity index (χ1v) is 6.96. The molecule has 0 aliphatic rings. The lowest BCUT2D eigenvalue weighted by atomic mass is 10.1. The molecule has 0 fully saturated rings. The summed E-state index contributed by atoms with van der Waals surface area (Å²) in [5.74, 6) is 0.979. The van der Waals surface area contributed by atoms with Gasteiger partial charge in [-0.2, -0.15) is 0 Å². The van der Waals surface area contributed by atoms with E-state index in [1.165, 1.54) is 16.0 Å². The lowest BCUT2D eigenvalue weighted by Crippen LogP contribution is -2.37. The van der Waals surface area contributed by atoms with E-state index in [0.29, 0.717) is 0 Å². The van der Waals surface area contributed by atoms with Crippen molar-refractivity contribution in [2.45, 2.75) is 38.1 Å². The van der Waals surface area contributed by atoms with Crippen molar-refractivity contribution >= 4 is 11.8 Å².